The first-order valence-electron chi connectivity index (χ1n) is 6.15. The number of rotatable bonds is 3. The maximum atomic E-state index is 5.99. The summed E-state index contributed by atoms with van der Waals surface area (Å²) in [5, 5.41) is 1.89. The first-order valence-corrected chi connectivity index (χ1v) is 8.10. The third kappa shape index (κ3) is 3.09. The van der Waals surface area contributed by atoms with Gasteiger partial charge in [-0.3, -0.25) is 0 Å². The molecular weight excluding hydrogens is 351 g/mol. The fourth-order valence-corrected chi connectivity index (χ4v) is 3.28. The van der Waals surface area contributed by atoms with E-state index < -0.39 is 0 Å². The number of nitrogens with zero attached hydrogens (tertiary/aromatic N) is 2. The van der Waals surface area contributed by atoms with E-state index in [1.165, 1.54) is 4.88 Å². The summed E-state index contributed by atoms with van der Waals surface area (Å²) < 4.78 is 5.79. The lowest BCUT2D eigenvalue weighted by atomic mass is 10.3. The van der Waals surface area contributed by atoms with Crippen LogP contribution >= 0.6 is 46.1 Å². The second-order valence-corrected chi connectivity index (χ2v) is 6.53. The van der Waals surface area contributed by atoms with Crippen LogP contribution in [0.1, 0.15) is 11.8 Å². The van der Waals surface area contributed by atoms with Crippen molar-refractivity contribution in [2.45, 2.75) is 13.3 Å². The van der Waals surface area contributed by atoms with Gasteiger partial charge in [-0.15, -0.1) is 11.3 Å². The zero-order chi connectivity index (χ0) is 15.0. The quantitative estimate of drug-likeness (QED) is 0.537. The van der Waals surface area contributed by atoms with Crippen LogP contribution in [0.2, 0.25) is 15.3 Å². The van der Waals surface area contributed by atoms with Gasteiger partial charge in [0.05, 0.1) is 15.4 Å². The highest BCUT2D eigenvalue weighted by Gasteiger charge is 2.13. The minimum absolute atomic E-state index is 0.155. The highest BCUT2D eigenvalue weighted by Crippen LogP contribution is 2.35. The minimum Gasteiger partial charge on any atom is -0.438 e. The van der Waals surface area contributed by atoms with Crippen LogP contribution in [0.25, 0.3) is 10.2 Å². The molecule has 2 heterocycles. The summed E-state index contributed by atoms with van der Waals surface area (Å²) in [6.07, 6.45) is 0.921. The lowest BCUT2D eigenvalue weighted by Crippen LogP contribution is -1.91. The molecule has 0 radical (unpaired) electrons. The van der Waals surface area contributed by atoms with Crippen LogP contribution < -0.4 is 4.74 Å². The minimum atomic E-state index is 0.155. The van der Waals surface area contributed by atoms with Crippen molar-refractivity contribution in [1.29, 1.82) is 0 Å². The van der Waals surface area contributed by atoms with Crippen molar-refractivity contribution in [3.63, 3.8) is 0 Å². The molecule has 0 atom stereocenters. The van der Waals surface area contributed by atoms with E-state index in [1.807, 2.05) is 6.07 Å². The van der Waals surface area contributed by atoms with Crippen LogP contribution in [0.15, 0.2) is 24.3 Å². The summed E-state index contributed by atoms with van der Waals surface area (Å²) in [4.78, 5) is 10.4. The van der Waals surface area contributed by atoms with Gasteiger partial charge in [0.15, 0.2) is 0 Å². The second-order valence-electron chi connectivity index (χ2n) is 4.26. The standard InChI is InChI=1S/C14H9Cl3N2OS/c1-2-8-6-9-12(18-14(17)19-13(9)21-8)20-7-3-4-10(15)11(16)5-7/h3-6H,2H2,1H3. The van der Waals surface area contributed by atoms with E-state index in [9.17, 15) is 0 Å². The predicted octanol–water partition coefficient (Wildman–Crippen LogP) is 6.01. The third-order valence-corrected chi connectivity index (χ3v) is 4.92. The van der Waals surface area contributed by atoms with E-state index in [0.717, 1.165) is 16.6 Å². The molecule has 0 fully saturated rings. The highest BCUT2D eigenvalue weighted by molar-refractivity contribution is 7.18. The molecule has 2 aromatic heterocycles. The summed E-state index contributed by atoms with van der Waals surface area (Å²) in [5.74, 6) is 0.962. The van der Waals surface area contributed by atoms with Crippen molar-refractivity contribution in [3.8, 4) is 11.6 Å². The molecule has 7 heteroatoms. The van der Waals surface area contributed by atoms with Crippen LogP contribution in [0, 0.1) is 0 Å². The van der Waals surface area contributed by atoms with Gasteiger partial charge >= 0.3 is 0 Å². The largest absolute Gasteiger partial charge is 0.438 e. The molecule has 0 amide bonds. The molecule has 0 aliphatic carbocycles. The van der Waals surface area contributed by atoms with Crippen molar-refractivity contribution in [1.82, 2.24) is 9.97 Å². The Morgan fingerprint density at radius 2 is 1.90 bits per heavy atom. The van der Waals surface area contributed by atoms with Crippen LogP contribution in [0.3, 0.4) is 0 Å². The summed E-state index contributed by atoms with van der Waals surface area (Å²) in [5.41, 5.74) is 0. The smallest absolute Gasteiger partial charge is 0.232 e. The number of benzene rings is 1. The maximum absolute atomic E-state index is 5.99. The molecule has 0 unspecified atom stereocenters. The van der Waals surface area contributed by atoms with E-state index in [1.54, 1.807) is 29.5 Å². The van der Waals surface area contributed by atoms with Crippen molar-refractivity contribution < 1.29 is 4.74 Å². The van der Waals surface area contributed by atoms with E-state index >= 15 is 0 Å². The van der Waals surface area contributed by atoms with Crippen LogP contribution in [-0.4, -0.2) is 9.97 Å². The van der Waals surface area contributed by atoms with Crippen LogP contribution in [0.5, 0.6) is 11.6 Å². The number of halogens is 3. The van der Waals surface area contributed by atoms with Crippen molar-refractivity contribution in [3.05, 3.63) is 44.5 Å². The molecule has 0 spiro atoms. The molecule has 3 nitrogen and oxygen atoms in total. The molecule has 0 saturated heterocycles. The molecule has 0 aliphatic rings. The number of hydrogen-bond donors (Lipinski definition) is 0. The molecule has 21 heavy (non-hydrogen) atoms. The normalized spacial score (nSPS) is 11.0. The zero-order valence-electron chi connectivity index (χ0n) is 10.9. The first-order chi connectivity index (χ1) is 10.1. The fourth-order valence-electron chi connectivity index (χ4n) is 1.82. The Bertz CT molecular complexity index is 819. The molecule has 3 aromatic rings. The van der Waals surface area contributed by atoms with Gasteiger partial charge in [0.25, 0.3) is 0 Å². The number of thiophene rings is 1. The molecule has 3 rings (SSSR count). The fraction of sp³-hybridized carbons (Fsp3) is 0.143. The van der Waals surface area contributed by atoms with Gasteiger partial charge < -0.3 is 4.74 Å². The van der Waals surface area contributed by atoms with Gasteiger partial charge in [-0.25, -0.2) is 4.98 Å². The summed E-state index contributed by atoms with van der Waals surface area (Å²) in [7, 11) is 0. The summed E-state index contributed by atoms with van der Waals surface area (Å²) >= 11 is 19.4. The lowest BCUT2D eigenvalue weighted by Gasteiger charge is -2.07. The molecule has 0 aliphatic heterocycles. The van der Waals surface area contributed by atoms with E-state index in [4.69, 9.17) is 39.5 Å². The molecular formula is C14H9Cl3N2OS. The Morgan fingerprint density at radius 1 is 1.10 bits per heavy atom. The van der Waals surface area contributed by atoms with E-state index in [0.29, 0.717) is 21.7 Å². The van der Waals surface area contributed by atoms with Crippen LogP contribution in [-0.2, 0) is 6.42 Å². The Labute approximate surface area is 140 Å². The second kappa shape index (κ2) is 5.97. The van der Waals surface area contributed by atoms with Gasteiger partial charge in [0, 0.05) is 10.9 Å². The first kappa shape index (κ1) is 14.9. The average molecular weight is 360 g/mol. The highest BCUT2D eigenvalue weighted by atomic mass is 35.5. The van der Waals surface area contributed by atoms with Gasteiger partial charge in [0.2, 0.25) is 11.2 Å². The number of aryl methyl sites for hydroxylation is 1. The van der Waals surface area contributed by atoms with Gasteiger partial charge in [-0.1, -0.05) is 30.1 Å². The number of aromatic nitrogens is 2. The van der Waals surface area contributed by atoms with Crippen LogP contribution in [0.4, 0.5) is 0 Å². The topological polar surface area (TPSA) is 35.0 Å². The van der Waals surface area contributed by atoms with Crippen molar-refractivity contribution >= 4 is 56.4 Å². The number of ether oxygens (including phenoxy) is 1. The molecule has 108 valence electrons. The Morgan fingerprint density at radius 3 is 2.62 bits per heavy atom. The van der Waals surface area contributed by atoms with E-state index in [-0.39, 0.29) is 5.28 Å². The molecule has 0 N–H and O–H groups in total. The van der Waals surface area contributed by atoms with Gasteiger partial charge in [-0.05, 0) is 36.2 Å². The maximum Gasteiger partial charge on any atom is 0.232 e. The Hall–Kier alpha value is -1.07. The molecule has 0 bridgehead atoms. The predicted molar refractivity (Wildman–Crippen MR) is 88.3 cm³/mol. The van der Waals surface area contributed by atoms with E-state index in [2.05, 4.69) is 16.9 Å². The number of fused-ring (bicyclic) bond motifs is 1. The Balaban J connectivity index is 2.06. The average Bonchev–Trinajstić information content (AvgIpc) is 2.86. The van der Waals surface area contributed by atoms with Crippen molar-refractivity contribution in [2.75, 3.05) is 0 Å². The van der Waals surface area contributed by atoms with Gasteiger partial charge in [0.1, 0.15) is 10.6 Å². The molecule has 1 aromatic carbocycles. The summed E-state index contributed by atoms with van der Waals surface area (Å²) in [6.45, 7) is 2.08. The molecule has 0 saturated carbocycles. The summed E-state index contributed by atoms with van der Waals surface area (Å²) in [6, 6.07) is 7.05. The SMILES string of the molecule is CCc1cc2c(Oc3ccc(Cl)c(Cl)c3)nc(Cl)nc2s1. The lowest BCUT2D eigenvalue weighted by molar-refractivity contribution is 0.468. The van der Waals surface area contributed by atoms with Crippen molar-refractivity contribution in [2.24, 2.45) is 0 Å². The monoisotopic (exact) mass is 358 g/mol. The Kier molecular flexibility index (Phi) is 4.22. The number of hydrogen-bond acceptors (Lipinski definition) is 4. The zero-order valence-corrected chi connectivity index (χ0v) is 13.9. The third-order valence-electron chi connectivity index (χ3n) is 2.84. The van der Waals surface area contributed by atoms with Gasteiger partial charge in [-0.2, -0.15) is 4.98 Å².